The Morgan fingerprint density at radius 3 is 2.30 bits per heavy atom. The van der Waals surface area contributed by atoms with Crippen LogP contribution in [0, 0.1) is 0 Å². The van der Waals surface area contributed by atoms with Gasteiger partial charge >= 0.3 is 0 Å². The first-order valence-corrected chi connectivity index (χ1v) is 10.3. The smallest absolute Gasteiger partial charge is 0.287 e. The first-order chi connectivity index (χ1) is 14.5. The fraction of sp³-hybridized carbons (Fsp3) is 0.0952. The summed E-state index contributed by atoms with van der Waals surface area (Å²) < 4.78 is 4.92. The Morgan fingerprint density at radius 2 is 1.63 bits per heavy atom. The Balaban J connectivity index is 1.41. The van der Waals surface area contributed by atoms with E-state index in [1.165, 1.54) is 12.3 Å². The molecule has 0 aliphatic carbocycles. The molecule has 2 aromatic carbocycles. The quantitative estimate of drug-likeness (QED) is 0.383. The molecular weight excluding hydrogens is 426 g/mol. The third-order valence-corrected chi connectivity index (χ3v) is 5.24. The summed E-state index contributed by atoms with van der Waals surface area (Å²) in [6, 6.07) is 17.7. The predicted octanol–water partition coefficient (Wildman–Crippen LogP) is 3.42. The van der Waals surface area contributed by atoms with Gasteiger partial charge < -0.3 is 9.73 Å². The van der Waals surface area contributed by atoms with Gasteiger partial charge in [0.05, 0.1) is 12.8 Å². The lowest BCUT2D eigenvalue weighted by atomic mass is 10.1. The van der Waals surface area contributed by atoms with Crippen molar-refractivity contribution in [1.29, 1.82) is 0 Å². The first kappa shape index (κ1) is 21.5. The van der Waals surface area contributed by atoms with Crippen LogP contribution in [0.3, 0.4) is 0 Å². The van der Waals surface area contributed by atoms with Crippen LogP contribution in [-0.4, -0.2) is 24.3 Å². The van der Waals surface area contributed by atoms with E-state index in [0.29, 0.717) is 10.6 Å². The van der Waals surface area contributed by atoms with E-state index < -0.39 is 17.7 Å². The highest BCUT2D eigenvalue weighted by molar-refractivity contribution is 7.98. The lowest BCUT2D eigenvalue weighted by molar-refractivity contribution is -0.120. The molecule has 9 heteroatoms. The van der Waals surface area contributed by atoms with Crippen LogP contribution >= 0.6 is 23.4 Å². The summed E-state index contributed by atoms with van der Waals surface area (Å²) in [6.45, 7) is -0.305. The minimum Gasteiger partial charge on any atom is -0.459 e. The van der Waals surface area contributed by atoms with Crippen LogP contribution in [0.15, 0.2) is 76.2 Å². The van der Waals surface area contributed by atoms with Crippen molar-refractivity contribution in [3.63, 3.8) is 0 Å². The van der Waals surface area contributed by atoms with Gasteiger partial charge in [-0.3, -0.25) is 25.2 Å². The highest BCUT2D eigenvalue weighted by Crippen LogP contribution is 2.24. The van der Waals surface area contributed by atoms with E-state index in [9.17, 15) is 14.4 Å². The maximum Gasteiger partial charge on any atom is 0.287 e. The molecule has 0 saturated heterocycles. The molecular formula is C21H18ClN3O4S. The van der Waals surface area contributed by atoms with Crippen molar-refractivity contribution < 1.29 is 18.8 Å². The van der Waals surface area contributed by atoms with Crippen LogP contribution < -0.4 is 16.2 Å². The van der Waals surface area contributed by atoms with Crippen LogP contribution in [-0.2, 0) is 10.5 Å². The van der Waals surface area contributed by atoms with Crippen molar-refractivity contribution in [1.82, 2.24) is 16.2 Å². The Morgan fingerprint density at radius 1 is 0.900 bits per heavy atom. The second kappa shape index (κ2) is 10.5. The number of furan rings is 1. The number of carbonyl (C=O) groups excluding carboxylic acids is 3. The molecule has 0 spiro atoms. The molecule has 3 rings (SSSR count). The van der Waals surface area contributed by atoms with E-state index in [1.54, 1.807) is 30.0 Å². The van der Waals surface area contributed by atoms with Crippen LogP contribution in [0.2, 0.25) is 5.02 Å². The van der Waals surface area contributed by atoms with Crippen LogP contribution in [0.1, 0.15) is 26.5 Å². The molecule has 7 nitrogen and oxygen atoms in total. The number of benzene rings is 2. The average molecular weight is 444 g/mol. The van der Waals surface area contributed by atoms with Gasteiger partial charge in [0, 0.05) is 21.2 Å². The van der Waals surface area contributed by atoms with E-state index in [4.69, 9.17) is 16.0 Å². The first-order valence-electron chi connectivity index (χ1n) is 8.89. The van der Waals surface area contributed by atoms with Gasteiger partial charge in [0.25, 0.3) is 17.7 Å². The van der Waals surface area contributed by atoms with Gasteiger partial charge in [-0.05, 0) is 54.1 Å². The molecule has 3 aromatic rings. The summed E-state index contributed by atoms with van der Waals surface area (Å²) in [6.07, 6.45) is 1.36. The van der Waals surface area contributed by atoms with Crippen molar-refractivity contribution in [2.75, 3.05) is 6.54 Å². The number of carbonyl (C=O) groups is 3. The molecule has 3 amide bonds. The van der Waals surface area contributed by atoms with E-state index in [1.807, 2.05) is 36.4 Å². The molecule has 1 aromatic heterocycles. The predicted molar refractivity (Wildman–Crippen MR) is 114 cm³/mol. The molecule has 3 N–H and O–H groups in total. The zero-order chi connectivity index (χ0) is 21.3. The van der Waals surface area contributed by atoms with Crippen LogP contribution in [0.25, 0.3) is 0 Å². The minimum absolute atomic E-state index is 0.0983. The summed E-state index contributed by atoms with van der Waals surface area (Å²) in [5.41, 5.74) is 6.01. The van der Waals surface area contributed by atoms with Crippen molar-refractivity contribution in [3.8, 4) is 0 Å². The zero-order valence-corrected chi connectivity index (χ0v) is 17.3. The van der Waals surface area contributed by atoms with E-state index in [-0.39, 0.29) is 12.3 Å². The second-order valence-corrected chi connectivity index (χ2v) is 7.59. The van der Waals surface area contributed by atoms with Gasteiger partial charge in [-0.25, -0.2) is 0 Å². The van der Waals surface area contributed by atoms with E-state index >= 15 is 0 Å². The van der Waals surface area contributed by atoms with Gasteiger partial charge in [-0.15, -0.1) is 11.8 Å². The zero-order valence-electron chi connectivity index (χ0n) is 15.7. The number of hydrogen-bond acceptors (Lipinski definition) is 5. The monoisotopic (exact) mass is 443 g/mol. The molecule has 0 saturated carbocycles. The van der Waals surface area contributed by atoms with E-state index in [0.717, 1.165) is 16.2 Å². The van der Waals surface area contributed by atoms with Gasteiger partial charge in [-0.2, -0.15) is 0 Å². The number of hydrogen-bond donors (Lipinski definition) is 3. The van der Waals surface area contributed by atoms with Crippen LogP contribution in [0.5, 0.6) is 0 Å². The topological polar surface area (TPSA) is 100 Å². The summed E-state index contributed by atoms with van der Waals surface area (Å²) in [5.74, 6) is -0.707. The summed E-state index contributed by atoms with van der Waals surface area (Å²) in [4.78, 5) is 36.7. The fourth-order valence-corrected chi connectivity index (χ4v) is 3.33. The van der Waals surface area contributed by atoms with Gasteiger partial charge in [0.2, 0.25) is 0 Å². The molecule has 0 unspecified atom stereocenters. The maximum absolute atomic E-state index is 12.2. The molecule has 0 radical (unpaired) electrons. The molecule has 0 aliphatic rings. The Hall–Kier alpha value is -3.23. The molecule has 30 heavy (non-hydrogen) atoms. The van der Waals surface area contributed by atoms with Gasteiger partial charge in [0.15, 0.2) is 5.76 Å². The number of rotatable bonds is 7. The largest absolute Gasteiger partial charge is 0.459 e. The normalized spacial score (nSPS) is 10.3. The minimum atomic E-state index is -0.570. The molecule has 154 valence electrons. The number of amides is 3. The molecule has 0 aliphatic heterocycles. The van der Waals surface area contributed by atoms with Crippen molar-refractivity contribution >= 4 is 41.1 Å². The second-order valence-electron chi connectivity index (χ2n) is 6.10. The van der Waals surface area contributed by atoms with Crippen molar-refractivity contribution in [3.05, 3.63) is 88.8 Å². The Labute approximate surface area is 182 Å². The summed E-state index contributed by atoms with van der Waals surface area (Å²) >= 11 is 7.54. The van der Waals surface area contributed by atoms with E-state index in [2.05, 4.69) is 16.2 Å². The fourth-order valence-electron chi connectivity index (χ4n) is 2.35. The Bertz CT molecular complexity index is 1010. The molecule has 0 fully saturated rings. The molecule has 0 atom stereocenters. The molecule has 1 heterocycles. The SMILES string of the molecule is O=C(CNC(=O)c1ccco1)NNC(=O)c1ccc(CSc2ccc(Cl)cc2)cc1. The average Bonchev–Trinajstić information content (AvgIpc) is 3.31. The van der Waals surface area contributed by atoms with Crippen molar-refractivity contribution in [2.24, 2.45) is 0 Å². The number of thioether (sulfide) groups is 1. The standard InChI is InChI=1S/C21H18ClN3O4S/c22-16-7-9-17(10-8-16)30-13-14-3-5-15(6-4-14)20(27)25-24-19(26)12-23-21(28)18-2-1-11-29-18/h1-11H,12-13H2,(H,23,28)(H,24,26)(H,25,27). The van der Waals surface area contributed by atoms with Gasteiger partial charge in [0.1, 0.15) is 0 Å². The third kappa shape index (κ3) is 6.40. The van der Waals surface area contributed by atoms with Gasteiger partial charge in [-0.1, -0.05) is 23.7 Å². The lowest BCUT2D eigenvalue weighted by Crippen LogP contribution is -2.46. The maximum atomic E-state index is 12.2. The number of nitrogens with one attached hydrogen (secondary N) is 3. The number of halogens is 1. The Kier molecular flexibility index (Phi) is 7.53. The summed E-state index contributed by atoms with van der Waals surface area (Å²) in [7, 11) is 0. The number of hydrazine groups is 1. The summed E-state index contributed by atoms with van der Waals surface area (Å²) in [5, 5.41) is 3.08. The van der Waals surface area contributed by atoms with Crippen molar-refractivity contribution in [2.45, 2.75) is 10.6 Å². The molecule has 0 bridgehead atoms. The highest BCUT2D eigenvalue weighted by Gasteiger charge is 2.11. The third-order valence-electron chi connectivity index (χ3n) is 3.91. The lowest BCUT2D eigenvalue weighted by Gasteiger charge is -2.08. The van der Waals surface area contributed by atoms with Crippen LogP contribution in [0.4, 0.5) is 0 Å². The highest BCUT2D eigenvalue weighted by atomic mass is 35.5.